The van der Waals surface area contributed by atoms with Crippen LogP contribution in [0.25, 0.3) is 0 Å². The molecule has 1 aliphatic carbocycles. The molecule has 5 heteroatoms. The van der Waals surface area contributed by atoms with Crippen molar-refractivity contribution >= 4 is 11.9 Å². The first-order valence-corrected chi connectivity index (χ1v) is 14.5. The van der Waals surface area contributed by atoms with Gasteiger partial charge in [0.15, 0.2) is 0 Å². The van der Waals surface area contributed by atoms with Crippen LogP contribution in [0, 0.1) is 5.41 Å². The smallest absolute Gasteiger partial charge is 0.326 e. The molecule has 1 amide bonds. The lowest BCUT2D eigenvalue weighted by atomic mass is 9.61. The van der Waals surface area contributed by atoms with Crippen LogP contribution in [0.5, 0.6) is 0 Å². The van der Waals surface area contributed by atoms with E-state index in [0.717, 1.165) is 30.6 Å². The summed E-state index contributed by atoms with van der Waals surface area (Å²) in [5, 5.41) is 10.4. The van der Waals surface area contributed by atoms with Crippen molar-refractivity contribution in [1.82, 2.24) is 9.80 Å². The van der Waals surface area contributed by atoms with Crippen molar-refractivity contribution in [3.63, 3.8) is 0 Å². The number of likely N-dealkylation sites (tertiary alicyclic amines) is 2. The standard InChI is InChI=1S/C34H38N2O3/c37-32(31(26-13-6-2-7-14-26)27-15-8-3-9-16-27)36-20-17-29(21-30(36)33(38)39)35-23-28(25-11-4-1-5-12-25)22-34(24-35)18-10-19-34/h1-9,11-16,28-31H,10,17-24H2,(H,38,39)/t28-,29+,30+/m1/s1. The summed E-state index contributed by atoms with van der Waals surface area (Å²) in [6.07, 6.45) is 6.34. The molecule has 2 saturated heterocycles. The summed E-state index contributed by atoms with van der Waals surface area (Å²) in [4.78, 5) is 31.0. The number of hydrogen-bond acceptors (Lipinski definition) is 3. The van der Waals surface area contributed by atoms with Gasteiger partial charge in [-0.1, -0.05) is 97.4 Å². The van der Waals surface area contributed by atoms with E-state index in [0.29, 0.717) is 24.3 Å². The van der Waals surface area contributed by atoms with Crippen LogP contribution in [-0.2, 0) is 9.59 Å². The van der Waals surface area contributed by atoms with Crippen LogP contribution in [-0.4, -0.2) is 58.5 Å². The average Bonchev–Trinajstić information content (AvgIpc) is 2.97. The van der Waals surface area contributed by atoms with Crippen LogP contribution < -0.4 is 0 Å². The number of carboxylic acids is 1. The van der Waals surface area contributed by atoms with Gasteiger partial charge in [0.1, 0.15) is 6.04 Å². The molecule has 39 heavy (non-hydrogen) atoms. The quantitative estimate of drug-likeness (QED) is 0.436. The Labute approximate surface area is 231 Å². The molecular formula is C34H38N2O3. The van der Waals surface area contributed by atoms with Gasteiger partial charge in [0, 0.05) is 25.7 Å². The molecule has 202 valence electrons. The number of aliphatic carboxylic acids is 1. The average molecular weight is 523 g/mol. The highest BCUT2D eigenvalue weighted by atomic mass is 16.4. The monoisotopic (exact) mass is 522 g/mol. The number of nitrogens with zero attached hydrogens (tertiary/aromatic N) is 2. The lowest BCUT2D eigenvalue weighted by molar-refractivity contribution is -0.154. The zero-order valence-corrected chi connectivity index (χ0v) is 22.5. The lowest BCUT2D eigenvalue weighted by Gasteiger charge is -2.55. The number of carbonyl (C=O) groups excluding carboxylic acids is 1. The minimum absolute atomic E-state index is 0.116. The SMILES string of the molecule is O=C(O)[C@@H]1C[C@@H](N2C[C@H](c3ccccc3)CC3(CCC3)C2)CCN1C(=O)C(c1ccccc1)c1ccccc1. The van der Waals surface area contributed by atoms with Crippen molar-refractivity contribution in [2.45, 2.75) is 62.4 Å². The van der Waals surface area contributed by atoms with Gasteiger partial charge in [-0.2, -0.15) is 0 Å². The largest absolute Gasteiger partial charge is 0.480 e. The number of hydrogen-bond donors (Lipinski definition) is 1. The van der Waals surface area contributed by atoms with Gasteiger partial charge in [-0.25, -0.2) is 4.79 Å². The van der Waals surface area contributed by atoms with Gasteiger partial charge in [0.2, 0.25) is 5.91 Å². The van der Waals surface area contributed by atoms with E-state index in [1.54, 1.807) is 4.90 Å². The second kappa shape index (κ2) is 11.0. The van der Waals surface area contributed by atoms with E-state index in [9.17, 15) is 14.7 Å². The Hall–Kier alpha value is -3.44. The molecule has 3 atom stereocenters. The fourth-order valence-corrected chi connectivity index (χ4v) is 7.41. The molecule has 0 radical (unpaired) electrons. The minimum atomic E-state index is -0.900. The zero-order chi connectivity index (χ0) is 26.8. The topological polar surface area (TPSA) is 60.9 Å². The molecule has 6 rings (SSSR count). The molecule has 1 saturated carbocycles. The van der Waals surface area contributed by atoms with E-state index in [4.69, 9.17) is 0 Å². The predicted octanol–water partition coefficient (Wildman–Crippen LogP) is 5.92. The number of amides is 1. The molecule has 1 spiro atoms. The second-order valence-electron chi connectivity index (χ2n) is 11.9. The zero-order valence-electron chi connectivity index (χ0n) is 22.5. The van der Waals surface area contributed by atoms with Gasteiger partial charge >= 0.3 is 5.97 Å². The molecular weight excluding hydrogens is 484 g/mol. The number of carbonyl (C=O) groups is 2. The Morgan fingerprint density at radius 1 is 0.846 bits per heavy atom. The van der Waals surface area contributed by atoms with Gasteiger partial charge in [-0.05, 0) is 60.1 Å². The third-order valence-corrected chi connectivity index (χ3v) is 9.53. The van der Waals surface area contributed by atoms with Crippen molar-refractivity contribution in [3.05, 3.63) is 108 Å². The Morgan fingerprint density at radius 2 is 1.44 bits per heavy atom. The highest BCUT2D eigenvalue weighted by Gasteiger charge is 2.48. The molecule has 5 nitrogen and oxygen atoms in total. The van der Waals surface area contributed by atoms with E-state index in [2.05, 4.69) is 35.2 Å². The Balaban J connectivity index is 1.24. The highest BCUT2D eigenvalue weighted by molar-refractivity contribution is 5.91. The third-order valence-electron chi connectivity index (χ3n) is 9.53. The Bertz CT molecular complexity index is 1240. The maximum atomic E-state index is 14.1. The molecule has 3 aromatic carbocycles. The normalized spacial score (nSPS) is 24.8. The van der Waals surface area contributed by atoms with Crippen LogP contribution in [0.3, 0.4) is 0 Å². The summed E-state index contributed by atoms with van der Waals surface area (Å²) in [6, 6.07) is 29.7. The fourth-order valence-electron chi connectivity index (χ4n) is 7.41. The first-order chi connectivity index (χ1) is 19.0. The molecule has 0 unspecified atom stereocenters. The van der Waals surface area contributed by atoms with Crippen LogP contribution >= 0.6 is 0 Å². The third kappa shape index (κ3) is 5.25. The van der Waals surface area contributed by atoms with Crippen LogP contribution in [0.15, 0.2) is 91.0 Å². The molecule has 3 fully saturated rings. The summed E-state index contributed by atoms with van der Waals surface area (Å²) in [5.74, 6) is -1.05. The molecule has 2 heterocycles. The van der Waals surface area contributed by atoms with Gasteiger partial charge in [-0.15, -0.1) is 0 Å². The first-order valence-electron chi connectivity index (χ1n) is 14.5. The molecule has 3 aromatic rings. The van der Waals surface area contributed by atoms with Crippen molar-refractivity contribution < 1.29 is 14.7 Å². The van der Waals surface area contributed by atoms with E-state index < -0.39 is 17.9 Å². The number of benzene rings is 3. The first kappa shape index (κ1) is 25.8. The van der Waals surface area contributed by atoms with Crippen molar-refractivity contribution in [2.24, 2.45) is 5.41 Å². The number of rotatable bonds is 6. The Morgan fingerprint density at radius 3 is 1.97 bits per heavy atom. The number of carboxylic acid groups (broad SMARTS) is 1. The number of piperidine rings is 2. The summed E-state index contributed by atoms with van der Waals surface area (Å²) in [7, 11) is 0. The molecule has 3 aliphatic rings. The van der Waals surface area contributed by atoms with Gasteiger partial charge in [0.25, 0.3) is 0 Å². The van der Waals surface area contributed by atoms with Gasteiger partial charge in [0.05, 0.1) is 5.92 Å². The highest BCUT2D eigenvalue weighted by Crippen LogP contribution is 2.52. The Kier molecular flexibility index (Phi) is 7.26. The van der Waals surface area contributed by atoms with E-state index in [1.807, 2.05) is 60.7 Å². The molecule has 2 aliphatic heterocycles. The van der Waals surface area contributed by atoms with E-state index in [1.165, 1.54) is 31.2 Å². The second-order valence-corrected chi connectivity index (χ2v) is 11.9. The summed E-state index contributed by atoms with van der Waals surface area (Å²) in [5.41, 5.74) is 3.54. The maximum Gasteiger partial charge on any atom is 0.326 e. The predicted molar refractivity (Wildman–Crippen MR) is 153 cm³/mol. The van der Waals surface area contributed by atoms with Crippen molar-refractivity contribution in [1.29, 1.82) is 0 Å². The van der Waals surface area contributed by atoms with Crippen LogP contribution in [0.1, 0.15) is 67.1 Å². The van der Waals surface area contributed by atoms with Gasteiger partial charge in [-0.3, -0.25) is 9.69 Å². The van der Waals surface area contributed by atoms with Crippen LogP contribution in [0.4, 0.5) is 0 Å². The van der Waals surface area contributed by atoms with Crippen LogP contribution in [0.2, 0.25) is 0 Å². The molecule has 1 N–H and O–H groups in total. The fraction of sp³-hybridized carbons (Fsp3) is 0.412. The van der Waals surface area contributed by atoms with Crippen molar-refractivity contribution in [2.75, 3.05) is 19.6 Å². The maximum absolute atomic E-state index is 14.1. The molecule has 0 bridgehead atoms. The summed E-state index contributed by atoms with van der Waals surface area (Å²) in [6.45, 7) is 2.49. The summed E-state index contributed by atoms with van der Waals surface area (Å²) < 4.78 is 0. The van der Waals surface area contributed by atoms with E-state index in [-0.39, 0.29) is 11.9 Å². The summed E-state index contributed by atoms with van der Waals surface area (Å²) >= 11 is 0. The minimum Gasteiger partial charge on any atom is -0.480 e. The van der Waals surface area contributed by atoms with Crippen molar-refractivity contribution in [3.8, 4) is 0 Å². The van der Waals surface area contributed by atoms with Gasteiger partial charge < -0.3 is 10.0 Å². The van der Waals surface area contributed by atoms with E-state index >= 15 is 0 Å². The lowest BCUT2D eigenvalue weighted by Crippen LogP contribution is -2.59. The molecule has 0 aromatic heterocycles.